The van der Waals surface area contributed by atoms with Crippen molar-refractivity contribution in [2.24, 2.45) is 0 Å². The normalized spacial score (nSPS) is 15.8. The number of fused-ring (bicyclic) bond motifs is 1. The Morgan fingerprint density at radius 1 is 1.03 bits per heavy atom. The number of carbonyl (C=O) groups is 1. The molecule has 2 aromatic carbocycles. The number of likely N-dealkylation sites (tertiary alicyclic amines) is 1. The molecule has 1 aromatic heterocycles. The number of oxazole rings is 1. The second kappa shape index (κ2) is 7.39. The van der Waals surface area contributed by atoms with Gasteiger partial charge in [0.1, 0.15) is 11.5 Å². The summed E-state index contributed by atoms with van der Waals surface area (Å²) in [6.45, 7) is 5.45. The first-order valence-electron chi connectivity index (χ1n) is 10.4. The summed E-state index contributed by atoms with van der Waals surface area (Å²) in [5.74, 6) is 1.58. The molecular formula is C24H25N3O2. The molecular weight excluding hydrogens is 362 g/mol. The van der Waals surface area contributed by atoms with Gasteiger partial charge in [-0.3, -0.25) is 4.79 Å². The van der Waals surface area contributed by atoms with Crippen molar-refractivity contribution in [3.63, 3.8) is 0 Å². The van der Waals surface area contributed by atoms with Crippen LogP contribution < -0.4 is 4.90 Å². The molecule has 0 unspecified atom stereocenters. The fraction of sp³-hybridized carbons (Fsp3) is 0.333. The quantitative estimate of drug-likeness (QED) is 0.664. The maximum Gasteiger partial charge on any atom is 0.253 e. The van der Waals surface area contributed by atoms with Crippen molar-refractivity contribution in [2.45, 2.75) is 32.7 Å². The second-order valence-electron chi connectivity index (χ2n) is 7.90. The highest BCUT2D eigenvalue weighted by atomic mass is 16.4. The minimum absolute atomic E-state index is 0.117. The molecule has 2 aliphatic rings. The summed E-state index contributed by atoms with van der Waals surface area (Å²) in [6.07, 6.45) is 3.28. The highest BCUT2D eigenvalue weighted by molar-refractivity contribution is 5.94. The highest BCUT2D eigenvalue weighted by Gasteiger charge is 2.22. The Bertz CT molecular complexity index is 1030. The lowest BCUT2D eigenvalue weighted by atomic mass is 10.1. The molecule has 0 aliphatic carbocycles. The van der Waals surface area contributed by atoms with Crippen molar-refractivity contribution in [1.82, 2.24) is 9.88 Å². The number of para-hydroxylation sites is 1. The standard InChI is InChI=1S/C24H25N3O2/c1-17-21(16-27-15-12-18-6-2-3-7-22(18)27)25-23(29-17)19-8-10-20(11-9-19)24(28)26-13-4-5-14-26/h2-3,6-11H,4-5,12-16H2,1H3. The van der Waals surface area contributed by atoms with Gasteiger partial charge in [-0.05, 0) is 62.1 Å². The number of aromatic nitrogens is 1. The van der Waals surface area contributed by atoms with Crippen molar-refractivity contribution in [1.29, 1.82) is 0 Å². The molecule has 29 heavy (non-hydrogen) atoms. The number of carbonyl (C=O) groups excluding carboxylic acids is 1. The van der Waals surface area contributed by atoms with Crippen molar-refractivity contribution in [3.05, 3.63) is 71.1 Å². The molecule has 3 heterocycles. The first-order chi connectivity index (χ1) is 14.2. The molecule has 2 aliphatic heterocycles. The topological polar surface area (TPSA) is 49.6 Å². The van der Waals surface area contributed by atoms with Crippen LogP contribution in [0.5, 0.6) is 0 Å². The predicted molar refractivity (Wildman–Crippen MR) is 113 cm³/mol. The lowest BCUT2D eigenvalue weighted by Crippen LogP contribution is -2.27. The van der Waals surface area contributed by atoms with E-state index in [1.165, 1.54) is 11.3 Å². The van der Waals surface area contributed by atoms with Crippen molar-refractivity contribution in [2.75, 3.05) is 24.5 Å². The lowest BCUT2D eigenvalue weighted by Gasteiger charge is -2.17. The minimum atomic E-state index is 0.117. The van der Waals surface area contributed by atoms with Crippen LogP contribution in [0.2, 0.25) is 0 Å². The summed E-state index contributed by atoms with van der Waals surface area (Å²) in [5.41, 5.74) is 5.29. The van der Waals surface area contributed by atoms with E-state index in [-0.39, 0.29) is 5.91 Å². The van der Waals surface area contributed by atoms with Crippen LogP contribution in [0, 0.1) is 6.92 Å². The van der Waals surface area contributed by atoms with Crippen LogP contribution in [0.15, 0.2) is 52.9 Å². The lowest BCUT2D eigenvalue weighted by molar-refractivity contribution is 0.0793. The van der Waals surface area contributed by atoms with E-state index in [1.807, 2.05) is 36.1 Å². The summed E-state index contributed by atoms with van der Waals surface area (Å²) in [4.78, 5) is 21.6. The predicted octanol–water partition coefficient (Wildman–Crippen LogP) is 4.45. The van der Waals surface area contributed by atoms with Gasteiger partial charge in [-0.15, -0.1) is 0 Å². The zero-order valence-corrected chi connectivity index (χ0v) is 16.7. The van der Waals surface area contributed by atoms with Gasteiger partial charge in [0.15, 0.2) is 0 Å². The molecule has 148 valence electrons. The molecule has 5 nitrogen and oxygen atoms in total. The van der Waals surface area contributed by atoms with Gasteiger partial charge in [0.05, 0.1) is 6.54 Å². The van der Waals surface area contributed by atoms with Gasteiger partial charge in [-0.2, -0.15) is 0 Å². The average Bonchev–Trinajstić information content (AvgIpc) is 3.49. The molecule has 0 spiro atoms. The summed E-state index contributed by atoms with van der Waals surface area (Å²) in [5, 5.41) is 0. The van der Waals surface area contributed by atoms with Crippen LogP contribution in [0.3, 0.4) is 0 Å². The fourth-order valence-electron chi connectivity index (χ4n) is 4.31. The average molecular weight is 387 g/mol. The summed E-state index contributed by atoms with van der Waals surface area (Å²) < 4.78 is 5.97. The molecule has 0 atom stereocenters. The zero-order valence-electron chi connectivity index (χ0n) is 16.7. The Hall–Kier alpha value is -3.08. The third kappa shape index (κ3) is 3.41. The minimum Gasteiger partial charge on any atom is -0.441 e. The van der Waals surface area contributed by atoms with Gasteiger partial charge in [-0.25, -0.2) is 4.98 Å². The van der Waals surface area contributed by atoms with E-state index in [4.69, 9.17) is 9.40 Å². The Balaban J connectivity index is 1.33. The number of nitrogens with zero attached hydrogens (tertiary/aromatic N) is 3. The maximum atomic E-state index is 12.5. The third-order valence-electron chi connectivity index (χ3n) is 5.99. The summed E-state index contributed by atoms with van der Waals surface area (Å²) in [6, 6.07) is 16.2. The van der Waals surface area contributed by atoms with E-state index in [9.17, 15) is 4.79 Å². The number of hydrogen-bond acceptors (Lipinski definition) is 4. The van der Waals surface area contributed by atoms with E-state index in [2.05, 4.69) is 29.2 Å². The fourth-order valence-corrected chi connectivity index (χ4v) is 4.31. The molecule has 1 saturated heterocycles. The molecule has 5 rings (SSSR count). The first kappa shape index (κ1) is 18.0. The number of anilines is 1. The van der Waals surface area contributed by atoms with Crippen LogP contribution >= 0.6 is 0 Å². The van der Waals surface area contributed by atoms with Gasteiger partial charge in [0, 0.05) is 36.4 Å². The van der Waals surface area contributed by atoms with E-state index >= 15 is 0 Å². The Labute approximate surface area is 171 Å². The van der Waals surface area contributed by atoms with Crippen molar-refractivity contribution in [3.8, 4) is 11.5 Å². The van der Waals surface area contributed by atoms with Crippen LogP contribution in [0.1, 0.15) is 40.2 Å². The van der Waals surface area contributed by atoms with Crippen molar-refractivity contribution < 1.29 is 9.21 Å². The molecule has 1 amide bonds. The van der Waals surface area contributed by atoms with E-state index in [0.29, 0.717) is 5.89 Å². The Morgan fingerprint density at radius 2 is 1.79 bits per heavy atom. The molecule has 1 fully saturated rings. The first-order valence-corrected chi connectivity index (χ1v) is 10.4. The van der Waals surface area contributed by atoms with Crippen LogP contribution in [0.25, 0.3) is 11.5 Å². The monoisotopic (exact) mass is 387 g/mol. The van der Waals surface area contributed by atoms with Gasteiger partial charge >= 0.3 is 0 Å². The molecule has 3 aromatic rings. The molecule has 0 bridgehead atoms. The summed E-state index contributed by atoms with van der Waals surface area (Å²) in [7, 11) is 0. The van der Waals surface area contributed by atoms with Gasteiger partial charge in [0.2, 0.25) is 5.89 Å². The highest BCUT2D eigenvalue weighted by Crippen LogP contribution is 2.30. The van der Waals surface area contributed by atoms with Gasteiger partial charge < -0.3 is 14.2 Å². The molecule has 0 saturated carbocycles. The smallest absolute Gasteiger partial charge is 0.253 e. The van der Waals surface area contributed by atoms with Crippen LogP contribution in [0.4, 0.5) is 5.69 Å². The van der Waals surface area contributed by atoms with Crippen LogP contribution in [-0.2, 0) is 13.0 Å². The summed E-state index contributed by atoms with van der Waals surface area (Å²) >= 11 is 0. The SMILES string of the molecule is Cc1oc(-c2ccc(C(=O)N3CCCC3)cc2)nc1CN1CCc2ccccc21. The largest absolute Gasteiger partial charge is 0.441 e. The van der Waals surface area contributed by atoms with E-state index in [0.717, 1.165) is 68.0 Å². The number of benzene rings is 2. The number of hydrogen-bond donors (Lipinski definition) is 0. The molecule has 0 radical (unpaired) electrons. The maximum absolute atomic E-state index is 12.5. The van der Waals surface area contributed by atoms with Crippen LogP contribution in [-0.4, -0.2) is 35.4 Å². The molecule has 5 heteroatoms. The Morgan fingerprint density at radius 3 is 2.59 bits per heavy atom. The van der Waals surface area contributed by atoms with Crippen molar-refractivity contribution >= 4 is 11.6 Å². The second-order valence-corrected chi connectivity index (χ2v) is 7.90. The molecule has 0 N–H and O–H groups in total. The van der Waals surface area contributed by atoms with E-state index < -0.39 is 0 Å². The number of aryl methyl sites for hydroxylation is 1. The van der Waals surface area contributed by atoms with E-state index in [1.54, 1.807) is 0 Å². The number of amides is 1. The Kier molecular flexibility index (Phi) is 4.58. The van der Waals surface area contributed by atoms with Gasteiger partial charge in [0.25, 0.3) is 5.91 Å². The zero-order chi connectivity index (χ0) is 19.8. The number of rotatable bonds is 4. The van der Waals surface area contributed by atoms with Gasteiger partial charge in [-0.1, -0.05) is 18.2 Å². The third-order valence-corrected chi connectivity index (χ3v) is 5.99.